The topological polar surface area (TPSA) is 52.3 Å². The minimum absolute atomic E-state index is 0.104. The molecule has 0 bridgehead atoms. The first-order chi connectivity index (χ1) is 6.09. The molecule has 1 rings (SSSR count). The molecular formula is C10H17NO2. The fourth-order valence-electron chi connectivity index (χ4n) is 1.62. The second kappa shape index (κ2) is 4.30. The van der Waals surface area contributed by atoms with E-state index in [2.05, 4.69) is 19.9 Å². The van der Waals surface area contributed by atoms with Crippen LogP contribution in [0.5, 0.6) is 0 Å². The van der Waals surface area contributed by atoms with Gasteiger partial charge in [-0.05, 0) is 30.8 Å². The lowest BCUT2D eigenvalue weighted by Crippen LogP contribution is -2.25. The van der Waals surface area contributed by atoms with Gasteiger partial charge in [0.1, 0.15) is 6.10 Å². The molecule has 0 aromatic carbocycles. The quantitative estimate of drug-likeness (QED) is 0.666. The zero-order valence-electron chi connectivity index (χ0n) is 8.19. The fourth-order valence-corrected chi connectivity index (χ4v) is 1.62. The number of hydrogen-bond acceptors (Lipinski definition) is 2. The van der Waals surface area contributed by atoms with Crippen molar-refractivity contribution in [2.45, 2.75) is 32.8 Å². The summed E-state index contributed by atoms with van der Waals surface area (Å²) in [4.78, 5) is 10.4. The van der Waals surface area contributed by atoms with Crippen LogP contribution in [0.2, 0.25) is 0 Å². The van der Waals surface area contributed by atoms with Gasteiger partial charge in [-0.25, -0.2) is 4.79 Å². The highest BCUT2D eigenvalue weighted by Gasteiger charge is 2.19. The number of nitrogens with two attached hydrogens (primary N) is 1. The van der Waals surface area contributed by atoms with Gasteiger partial charge in [-0.15, -0.1) is 0 Å². The SMILES string of the molecule is CC(C)[C@@H]1C=C[C@H](OC(N)=O)CC1. The van der Waals surface area contributed by atoms with Crippen molar-refractivity contribution < 1.29 is 9.53 Å². The van der Waals surface area contributed by atoms with E-state index in [4.69, 9.17) is 10.5 Å². The lowest BCUT2D eigenvalue weighted by Gasteiger charge is -2.24. The van der Waals surface area contributed by atoms with E-state index in [1.807, 2.05) is 6.08 Å². The van der Waals surface area contributed by atoms with Crippen molar-refractivity contribution in [1.29, 1.82) is 0 Å². The van der Waals surface area contributed by atoms with E-state index in [0.717, 1.165) is 12.8 Å². The molecule has 1 amide bonds. The van der Waals surface area contributed by atoms with E-state index in [9.17, 15) is 4.79 Å². The highest BCUT2D eigenvalue weighted by Crippen LogP contribution is 2.25. The molecule has 0 heterocycles. The fraction of sp³-hybridized carbons (Fsp3) is 0.700. The van der Waals surface area contributed by atoms with Crippen molar-refractivity contribution in [3.05, 3.63) is 12.2 Å². The summed E-state index contributed by atoms with van der Waals surface area (Å²) in [6.07, 6.45) is 5.25. The number of ether oxygens (including phenoxy) is 1. The van der Waals surface area contributed by atoms with Gasteiger partial charge >= 0.3 is 6.09 Å². The predicted octanol–water partition coefficient (Wildman–Crippen LogP) is 2.07. The van der Waals surface area contributed by atoms with E-state index >= 15 is 0 Å². The summed E-state index contributed by atoms with van der Waals surface area (Å²) in [6.45, 7) is 4.40. The number of rotatable bonds is 2. The number of carbonyl (C=O) groups is 1. The first-order valence-corrected chi connectivity index (χ1v) is 4.74. The molecular weight excluding hydrogens is 166 g/mol. The molecule has 74 valence electrons. The van der Waals surface area contributed by atoms with Gasteiger partial charge < -0.3 is 10.5 Å². The van der Waals surface area contributed by atoms with Crippen LogP contribution in [0.1, 0.15) is 26.7 Å². The van der Waals surface area contributed by atoms with Crippen LogP contribution < -0.4 is 5.73 Å². The Morgan fingerprint density at radius 3 is 2.54 bits per heavy atom. The van der Waals surface area contributed by atoms with Gasteiger partial charge in [-0.2, -0.15) is 0 Å². The Morgan fingerprint density at radius 2 is 2.15 bits per heavy atom. The molecule has 1 aliphatic carbocycles. The van der Waals surface area contributed by atoms with Gasteiger partial charge in [-0.3, -0.25) is 0 Å². The molecule has 0 saturated carbocycles. The maximum atomic E-state index is 10.4. The molecule has 2 atom stereocenters. The average Bonchev–Trinajstić information content (AvgIpc) is 2.04. The van der Waals surface area contributed by atoms with Crippen LogP contribution in [0.15, 0.2) is 12.2 Å². The molecule has 0 aromatic rings. The highest BCUT2D eigenvalue weighted by molar-refractivity contribution is 5.65. The molecule has 1 aliphatic rings. The van der Waals surface area contributed by atoms with Crippen molar-refractivity contribution >= 4 is 6.09 Å². The highest BCUT2D eigenvalue weighted by atomic mass is 16.6. The van der Waals surface area contributed by atoms with Gasteiger partial charge in [0.05, 0.1) is 0 Å². The maximum absolute atomic E-state index is 10.4. The monoisotopic (exact) mass is 183 g/mol. The summed E-state index contributed by atoms with van der Waals surface area (Å²) in [6, 6.07) is 0. The molecule has 0 aromatic heterocycles. The Kier molecular flexibility index (Phi) is 3.34. The summed E-state index contributed by atoms with van der Waals surface area (Å²) in [5.74, 6) is 1.28. The van der Waals surface area contributed by atoms with Crippen LogP contribution in [0.4, 0.5) is 4.79 Å². The molecule has 0 saturated heterocycles. The Balaban J connectivity index is 2.42. The standard InChI is InChI=1S/C10H17NO2/c1-7(2)8-3-5-9(6-4-8)13-10(11)12/h3,5,7-9H,4,6H2,1-2H3,(H2,11,12)/t8-,9+/m1/s1. The minimum Gasteiger partial charge on any atom is -0.442 e. The molecule has 0 fully saturated rings. The smallest absolute Gasteiger partial charge is 0.405 e. The van der Waals surface area contributed by atoms with Crippen molar-refractivity contribution in [3.63, 3.8) is 0 Å². The molecule has 0 aliphatic heterocycles. The molecule has 0 radical (unpaired) electrons. The number of primary amides is 1. The third kappa shape index (κ3) is 3.09. The number of carbonyl (C=O) groups excluding carboxylic acids is 1. The minimum atomic E-state index is -0.683. The summed E-state index contributed by atoms with van der Waals surface area (Å²) < 4.78 is 4.87. The van der Waals surface area contributed by atoms with Crippen LogP contribution in [0, 0.1) is 11.8 Å². The van der Waals surface area contributed by atoms with Crippen LogP contribution in [-0.2, 0) is 4.74 Å². The summed E-state index contributed by atoms with van der Waals surface area (Å²) in [5, 5.41) is 0. The van der Waals surface area contributed by atoms with Crippen molar-refractivity contribution in [3.8, 4) is 0 Å². The molecule has 2 N–H and O–H groups in total. The molecule has 0 spiro atoms. The Bertz CT molecular complexity index is 211. The first-order valence-electron chi connectivity index (χ1n) is 4.74. The third-order valence-electron chi connectivity index (χ3n) is 2.48. The van der Waals surface area contributed by atoms with E-state index in [0.29, 0.717) is 11.8 Å². The van der Waals surface area contributed by atoms with Crippen molar-refractivity contribution in [2.24, 2.45) is 17.6 Å². The van der Waals surface area contributed by atoms with Crippen LogP contribution >= 0.6 is 0 Å². The Labute approximate surface area is 78.9 Å². The zero-order chi connectivity index (χ0) is 9.84. The second-order valence-electron chi connectivity index (χ2n) is 3.85. The number of allylic oxidation sites excluding steroid dienone is 1. The third-order valence-corrected chi connectivity index (χ3v) is 2.48. The van der Waals surface area contributed by atoms with Gasteiger partial charge in [-0.1, -0.05) is 19.9 Å². The number of hydrogen-bond donors (Lipinski definition) is 1. The zero-order valence-corrected chi connectivity index (χ0v) is 8.19. The van der Waals surface area contributed by atoms with E-state index in [-0.39, 0.29) is 6.10 Å². The van der Waals surface area contributed by atoms with E-state index in [1.54, 1.807) is 0 Å². The van der Waals surface area contributed by atoms with Crippen LogP contribution in [0.3, 0.4) is 0 Å². The maximum Gasteiger partial charge on any atom is 0.405 e. The van der Waals surface area contributed by atoms with Gasteiger partial charge in [0.2, 0.25) is 0 Å². The van der Waals surface area contributed by atoms with Crippen LogP contribution in [-0.4, -0.2) is 12.2 Å². The molecule has 0 unspecified atom stereocenters. The summed E-state index contributed by atoms with van der Waals surface area (Å²) in [7, 11) is 0. The van der Waals surface area contributed by atoms with Crippen molar-refractivity contribution in [2.75, 3.05) is 0 Å². The van der Waals surface area contributed by atoms with Crippen LogP contribution in [0.25, 0.3) is 0 Å². The normalized spacial score (nSPS) is 27.6. The molecule has 3 nitrogen and oxygen atoms in total. The Morgan fingerprint density at radius 1 is 1.46 bits per heavy atom. The molecule has 3 heteroatoms. The summed E-state index contributed by atoms with van der Waals surface area (Å²) in [5.41, 5.74) is 4.92. The van der Waals surface area contributed by atoms with Crippen molar-refractivity contribution in [1.82, 2.24) is 0 Å². The van der Waals surface area contributed by atoms with E-state index < -0.39 is 6.09 Å². The lowest BCUT2D eigenvalue weighted by molar-refractivity contribution is 0.116. The summed E-state index contributed by atoms with van der Waals surface area (Å²) >= 11 is 0. The molecule has 13 heavy (non-hydrogen) atoms. The predicted molar refractivity (Wildman–Crippen MR) is 51.2 cm³/mol. The van der Waals surface area contributed by atoms with Gasteiger partial charge in [0.15, 0.2) is 0 Å². The van der Waals surface area contributed by atoms with E-state index in [1.165, 1.54) is 0 Å². The first kappa shape index (κ1) is 10.1. The average molecular weight is 183 g/mol. The van der Waals surface area contributed by atoms with Gasteiger partial charge in [0.25, 0.3) is 0 Å². The number of amides is 1. The van der Waals surface area contributed by atoms with Gasteiger partial charge in [0, 0.05) is 0 Å². The Hall–Kier alpha value is -0.990. The second-order valence-corrected chi connectivity index (χ2v) is 3.85. The largest absolute Gasteiger partial charge is 0.442 e. The lowest BCUT2D eigenvalue weighted by atomic mass is 9.86.